The van der Waals surface area contributed by atoms with E-state index in [-0.39, 0.29) is 17.7 Å². The van der Waals surface area contributed by atoms with Crippen LogP contribution in [0, 0.1) is 11.8 Å². The molecule has 1 aromatic heterocycles. The third-order valence-corrected chi connectivity index (χ3v) is 4.86. The normalized spacial score (nSPS) is 18.3. The van der Waals surface area contributed by atoms with Gasteiger partial charge in [0.05, 0.1) is 17.6 Å². The highest BCUT2D eigenvalue weighted by molar-refractivity contribution is 7.00. The molecule has 0 unspecified atom stereocenters. The minimum atomic E-state index is -0.0626. The number of nitrogens with zero attached hydrogens (tertiary/aromatic N) is 3. The molecule has 0 atom stereocenters. The third-order valence-electron chi connectivity index (χ3n) is 4.30. The SMILES string of the molecule is O=C(NCC1CC1)C1CN(C(=O)c2ccc3nsnc3c2)C1. The van der Waals surface area contributed by atoms with Crippen LogP contribution in [0.1, 0.15) is 23.2 Å². The summed E-state index contributed by atoms with van der Waals surface area (Å²) < 4.78 is 8.28. The molecule has 1 aliphatic carbocycles. The van der Waals surface area contributed by atoms with E-state index in [0.29, 0.717) is 24.6 Å². The Balaban J connectivity index is 1.35. The van der Waals surface area contributed by atoms with Gasteiger partial charge in [-0.2, -0.15) is 8.75 Å². The Bertz CT molecular complexity index is 734. The van der Waals surface area contributed by atoms with Gasteiger partial charge in [0.15, 0.2) is 0 Å². The summed E-state index contributed by atoms with van der Waals surface area (Å²) in [4.78, 5) is 26.0. The zero-order valence-corrected chi connectivity index (χ0v) is 12.8. The highest BCUT2D eigenvalue weighted by Gasteiger charge is 2.36. The van der Waals surface area contributed by atoms with Crippen LogP contribution in [0.15, 0.2) is 18.2 Å². The van der Waals surface area contributed by atoms with Crippen molar-refractivity contribution >= 4 is 34.6 Å². The first-order valence-electron chi connectivity index (χ1n) is 7.50. The highest BCUT2D eigenvalue weighted by atomic mass is 32.1. The van der Waals surface area contributed by atoms with Gasteiger partial charge >= 0.3 is 0 Å². The van der Waals surface area contributed by atoms with Crippen molar-refractivity contribution < 1.29 is 9.59 Å². The minimum Gasteiger partial charge on any atom is -0.355 e. The fraction of sp³-hybridized carbons (Fsp3) is 0.467. The summed E-state index contributed by atoms with van der Waals surface area (Å²) in [6.45, 7) is 1.79. The van der Waals surface area contributed by atoms with Crippen molar-refractivity contribution in [2.45, 2.75) is 12.8 Å². The molecule has 1 N–H and O–H groups in total. The van der Waals surface area contributed by atoms with E-state index in [2.05, 4.69) is 14.1 Å². The first kappa shape index (κ1) is 13.6. The highest BCUT2D eigenvalue weighted by Crippen LogP contribution is 2.28. The summed E-state index contributed by atoms with van der Waals surface area (Å²) in [5.41, 5.74) is 2.16. The number of carbonyl (C=O) groups excluding carboxylic acids is 2. The van der Waals surface area contributed by atoms with Gasteiger partial charge in [0.25, 0.3) is 5.91 Å². The number of fused-ring (bicyclic) bond motifs is 1. The van der Waals surface area contributed by atoms with Crippen LogP contribution in [0.25, 0.3) is 11.0 Å². The molecule has 7 heteroatoms. The Morgan fingerprint density at radius 2 is 2.00 bits per heavy atom. The van der Waals surface area contributed by atoms with Crippen molar-refractivity contribution in [3.63, 3.8) is 0 Å². The summed E-state index contributed by atoms with van der Waals surface area (Å²) >= 11 is 1.14. The molecule has 0 radical (unpaired) electrons. The number of amides is 2. The van der Waals surface area contributed by atoms with E-state index >= 15 is 0 Å². The lowest BCUT2D eigenvalue weighted by Gasteiger charge is -2.38. The number of nitrogens with one attached hydrogen (secondary N) is 1. The molecule has 1 aliphatic heterocycles. The van der Waals surface area contributed by atoms with Crippen molar-refractivity contribution in [1.82, 2.24) is 19.0 Å². The van der Waals surface area contributed by atoms with Crippen LogP contribution < -0.4 is 5.32 Å². The van der Waals surface area contributed by atoms with Crippen molar-refractivity contribution in [1.29, 1.82) is 0 Å². The lowest BCUT2D eigenvalue weighted by Crippen LogP contribution is -2.55. The predicted octanol–water partition coefficient (Wildman–Crippen LogP) is 1.29. The molecule has 22 heavy (non-hydrogen) atoms. The molecule has 114 valence electrons. The van der Waals surface area contributed by atoms with Crippen LogP contribution in [0.5, 0.6) is 0 Å². The number of hydrogen-bond acceptors (Lipinski definition) is 5. The summed E-state index contributed by atoms with van der Waals surface area (Å²) in [7, 11) is 0. The zero-order valence-electron chi connectivity index (χ0n) is 12.0. The molecule has 2 amide bonds. The number of hydrogen-bond donors (Lipinski definition) is 1. The molecular weight excluding hydrogens is 300 g/mol. The second kappa shape index (κ2) is 5.31. The lowest BCUT2D eigenvalue weighted by molar-refractivity contribution is -0.129. The maximum atomic E-state index is 12.4. The van der Waals surface area contributed by atoms with Crippen molar-refractivity contribution in [2.75, 3.05) is 19.6 Å². The Labute approximate surface area is 131 Å². The molecule has 2 aromatic rings. The van der Waals surface area contributed by atoms with Gasteiger partial charge in [-0.25, -0.2) is 0 Å². The van der Waals surface area contributed by atoms with E-state index in [4.69, 9.17) is 0 Å². The quantitative estimate of drug-likeness (QED) is 0.922. The van der Waals surface area contributed by atoms with Crippen LogP contribution in [0.3, 0.4) is 0 Å². The molecule has 6 nitrogen and oxygen atoms in total. The average Bonchev–Trinajstić information content (AvgIpc) is 3.18. The number of rotatable bonds is 4. The Morgan fingerprint density at radius 3 is 2.77 bits per heavy atom. The summed E-state index contributed by atoms with van der Waals surface area (Å²) in [5, 5.41) is 2.97. The van der Waals surface area contributed by atoms with Crippen molar-refractivity contribution in [3.05, 3.63) is 23.8 Å². The molecule has 2 aliphatic rings. The fourth-order valence-corrected chi connectivity index (χ4v) is 3.14. The monoisotopic (exact) mass is 316 g/mol. The smallest absolute Gasteiger partial charge is 0.253 e. The maximum absolute atomic E-state index is 12.4. The van der Waals surface area contributed by atoms with Gasteiger partial charge in [-0.05, 0) is 37.0 Å². The van der Waals surface area contributed by atoms with Gasteiger partial charge in [-0.15, -0.1) is 0 Å². The second-order valence-corrected chi connectivity index (χ2v) is 6.59. The van der Waals surface area contributed by atoms with E-state index in [9.17, 15) is 9.59 Å². The van der Waals surface area contributed by atoms with E-state index in [1.165, 1.54) is 12.8 Å². The zero-order chi connectivity index (χ0) is 15.1. The first-order chi connectivity index (χ1) is 10.7. The van der Waals surface area contributed by atoms with Gasteiger partial charge in [0.1, 0.15) is 11.0 Å². The number of likely N-dealkylation sites (tertiary alicyclic amines) is 1. The Kier molecular flexibility index (Phi) is 3.29. The largest absolute Gasteiger partial charge is 0.355 e. The molecular formula is C15H16N4O2S. The van der Waals surface area contributed by atoms with E-state index in [1.54, 1.807) is 17.0 Å². The molecule has 0 spiro atoms. The van der Waals surface area contributed by atoms with Crippen molar-refractivity contribution in [3.8, 4) is 0 Å². The molecule has 4 rings (SSSR count). The first-order valence-corrected chi connectivity index (χ1v) is 8.23. The Hall–Kier alpha value is -2.02. The van der Waals surface area contributed by atoms with Gasteiger partial charge in [-0.3, -0.25) is 9.59 Å². The third kappa shape index (κ3) is 2.56. The molecule has 1 saturated heterocycles. The number of carbonyl (C=O) groups is 2. The van der Waals surface area contributed by atoms with E-state index < -0.39 is 0 Å². The molecule has 0 bridgehead atoms. The summed E-state index contributed by atoms with van der Waals surface area (Å²) in [5.74, 6) is 0.656. The maximum Gasteiger partial charge on any atom is 0.253 e. The number of aromatic nitrogens is 2. The van der Waals surface area contributed by atoms with Gasteiger partial charge in [0, 0.05) is 25.2 Å². The second-order valence-electron chi connectivity index (χ2n) is 6.06. The van der Waals surface area contributed by atoms with Crippen LogP contribution in [0.2, 0.25) is 0 Å². The van der Waals surface area contributed by atoms with Gasteiger partial charge in [-0.1, -0.05) is 0 Å². The van der Waals surface area contributed by atoms with Crippen molar-refractivity contribution in [2.24, 2.45) is 11.8 Å². The fourth-order valence-electron chi connectivity index (χ4n) is 2.62. The summed E-state index contributed by atoms with van der Waals surface area (Å²) in [6, 6.07) is 5.35. The van der Waals surface area contributed by atoms with E-state index in [1.807, 2.05) is 6.07 Å². The van der Waals surface area contributed by atoms with Crippen LogP contribution in [-0.4, -0.2) is 45.1 Å². The van der Waals surface area contributed by atoms with Gasteiger partial charge < -0.3 is 10.2 Å². The van der Waals surface area contributed by atoms with E-state index in [0.717, 1.165) is 29.3 Å². The van der Waals surface area contributed by atoms with Crippen LogP contribution in [0.4, 0.5) is 0 Å². The lowest BCUT2D eigenvalue weighted by atomic mass is 9.97. The Morgan fingerprint density at radius 1 is 1.23 bits per heavy atom. The topological polar surface area (TPSA) is 75.2 Å². The predicted molar refractivity (Wildman–Crippen MR) is 82.5 cm³/mol. The van der Waals surface area contributed by atoms with Crippen LogP contribution in [-0.2, 0) is 4.79 Å². The van der Waals surface area contributed by atoms with Gasteiger partial charge in [0.2, 0.25) is 5.91 Å². The molecule has 1 saturated carbocycles. The summed E-state index contributed by atoms with van der Waals surface area (Å²) in [6.07, 6.45) is 2.45. The molecule has 2 fully saturated rings. The number of benzene rings is 1. The average molecular weight is 316 g/mol. The minimum absolute atomic E-state index is 0.0406. The molecule has 2 heterocycles. The molecule has 1 aromatic carbocycles. The van der Waals surface area contributed by atoms with Crippen LogP contribution >= 0.6 is 11.7 Å². The standard InChI is InChI=1S/C15H16N4O2S/c20-14(16-6-9-1-2-9)11-7-19(8-11)15(21)10-3-4-12-13(5-10)18-22-17-12/h3-5,9,11H,1-2,6-8H2,(H,16,20).